The Hall–Kier alpha value is -2.61. The second-order valence-electron chi connectivity index (χ2n) is 4.14. The van der Waals surface area contributed by atoms with Gasteiger partial charge < -0.3 is 9.88 Å². The smallest absolute Gasteiger partial charge is 0.224 e. The SMILES string of the molecule is N#Cc1cccc(NC(=O)CCCn2ccnc2)c1. The average molecular weight is 254 g/mol. The van der Waals surface area contributed by atoms with E-state index in [-0.39, 0.29) is 5.91 Å². The van der Waals surface area contributed by atoms with Crippen LogP contribution in [0.2, 0.25) is 0 Å². The molecule has 1 aromatic carbocycles. The summed E-state index contributed by atoms with van der Waals surface area (Å²) in [5, 5.41) is 11.6. The summed E-state index contributed by atoms with van der Waals surface area (Å²) in [4.78, 5) is 15.7. The Morgan fingerprint density at radius 3 is 3.11 bits per heavy atom. The van der Waals surface area contributed by atoms with Crippen LogP contribution in [0.15, 0.2) is 43.0 Å². The van der Waals surface area contributed by atoms with Gasteiger partial charge in [-0.25, -0.2) is 4.98 Å². The molecule has 0 radical (unpaired) electrons. The number of hydrogen-bond donors (Lipinski definition) is 1. The van der Waals surface area contributed by atoms with Crippen molar-refractivity contribution in [2.45, 2.75) is 19.4 Å². The standard InChI is InChI=1S/C14H14N4O/c15-10-12-3-1-4-13(9-12)17-14(19)5-2-7-18-8-6-16-11-18/h1,3-4,6,8-9,11H,2,5,7H2,(H,17,19). The van der Waals surface area contributed by atoms with Crippen LogP contribution in [0.3, 0.4) is 0 Å². The van der Waals surface area contributed by atoms with E-state index in [0.717, 1.165) is 13.0 Å². The molecule has 0 bridgehead atoms. The lowest BCUT2D eigenvalue weighted by atomic mass is 10.2. The maximum atomic E-state index is 11.7. The van der Waals surface area contributed by atoms with Gasteiger partial charge in [-0.15, -0.1) is 0 Å². The number of carbonyl (C=O) groups excluding carboxylic acids is 1. The van der Waals surface area contributed by atoms with Gasteiger partial charge in [0.2, 0.25) is 5.91 Å². The molecule has 2 aromatic rings. The number of hydrogen-bond acceptors (Lipinski definition) is 3. The third-order valence-corrected chi connectivity index (χ3v) is 2.65. The van der Waals surface area contributed by atoms with Gasteiger partial charge in [0.05, 0.1) is 18.0 Å². The molecule has 5 heteroatoms. The first-order chi connectivity index (χ1) is 9.28. The Labute approximate surface area is 111 Å². The molecule has 1 N–H and O–H groups in total. The monoisotopic (exact) mass is 254 g/mol. The summed E-state index contributed by atoms with van der Waals surface area (Å²) in [6, 6.07) is 8.93. The minimum absolute atomic E-state index is 0.0461. The van der Waals surface area contributed by atoms with Crippen molar-refractivity contribution in [3.63, 3.8) is 0 Å². The molecule has 0 unspecified atom stereocenters. The molecule has 0 spiro atoms. The summed E-state index contributed by atoms with van der Waals surface area (Å²) in [5.74, 6) is -0.0461. The van der Waals surface area contributed by atoms with Crippen LogP contribution in [0.4, 0.5) is 5.69 Å². The fraction of sp³-hybridized carbons (Fsp3) is 0.214. The lowest BCUT2D eigenvalue weighted by Crippen LogP contribution is -2.12. The first-order valence-corrected chi connectivity index (χ1v) is 6.04. The zero-order valence-electron chi connectivity index (χ0n) is 10.4. The molecular weight excluding hydrogens is 240 g/mol. The highest BCUT2D eigenvalue weighted by Gasteiger charge is 2.03. The summed E-state index contributed by atoms with van der Waals surface area (Å²) < 4.78 is 1.93. The molecule has 1 aromatic heterocycles. The number of carbonyl (C=O) groups is 1. The molecule has 0 fully saturated rings. The number of nitrogens with zero attached hydrogens (tertiary/aromatic N) is 3. The van der Waals surface area contributed by atoms with E-state index in [0.29, 0.717) is 17.7 Å². The average Bonchev–Trinajstić information content (AvgIpc) is 2.92. The summed E-state index contributed by atoms with van der Waals surface area (Å²) in [6.45, 7) is 0.769. The fourth-order valence-electron chi connectivity index (χ4n) is 1.73. The zero-order valence-corrected chi connectivity index (χ0v) is 10.4. The Morgan fingerprint density at radius 2 is 2.37 bits per heavy atom. The molecule has 0 saturated carbocycles. The minimum atomic E-state index is -0.0461. The zero-order chi connectivity index (χ0) is 13.5. The van der Waals surface area contributed by atoms with E-state index in [2.05, 4.69) is 10.3 Å². The highest BCUT2D eigenvalue weighted by molar-refractivity contribution is 5.90. The van der Waals surface area contributed by atoms with Crippen LogP contribution < -0.4 is 5.32 Å². The Bertz CT molecular complexity index is 584. The summed E-state index contributed by atoms with van der Waals surface area (Å²) >= 11 is 0. The van der Waals surface area contributed by atoms with E-state index in [1.54, 1.807) is 36.8 Å². The van der Waals surface area contributed by atoms with Crippen LogP contribution in [0.1, 0.15) is 18.4 Å². The molecule has 19 heavy (non-hydrogen) atoms. The lowest BCUT2D eigenvalue weighted by Gasteiger charge is -2.05. The number of aryl methyl sites for hydroxylation is 1. The van der Waals surface area contributed by atoms with Crippen molar-refractivity contribution in [3.05, 3.63) is 48.5 Å². The second kappa shape index (κ2) is 6.36. The number of rotatable bonds is 5. The lowest BCUT2D eigenvalue weighted by molar-refractivity contribution is -0.116. The molecule has 0 aliphatic rings. The Balaban J connectivity index is 1.79. The van der Waals surface area contributed by atoms with Crippen LogP contribution >= 0.6 is 0 Å². The number of imidazole rings is 1. The van der Waals surface area contributed by atoms with Crippen LogP contribution in [0, 0.1) is 11.3 Å². The molecule has 0 aliphatic heterocycles. The molecule has 1 amide bonds. The van der Waals surface area contributed by atoms with Crippen molar-refractivity contribution >= 4 is 11.6 Å². The van der Waals surface area contributed by atoms with Gasteiger partial charge >= 0.3 is 0 Å². The van der Waals surface area contributed by atoms with E-state index in [1.807, 2.05) is 16.8 Å². The number of nitriles is 1. The van der Waals surface area contributed by atoms with Crippen LogP contribution in [-0.2, 0) is 11.3 Å². The first kappa shape index (κ1) is 12.8. The molecule has 0 atom stereocenters. The number of amides is 1. The molecule has 0 aliphatic carbocycles. The highest BCUT2D eigenvalue weighted by Crippen LogP contribution is 2.10. The van der Waals surface area contributed by atoms with Gasteiger partial charge in [-0.05, 0) is 24.6 Å². The molecule has 5 nitrogen and oxygen atoms in total. The van der Waals surface area contributed by atoms with Gasteiger partial charge in [0.15, 0.2) is 0 Å². The molecule has 1 heterocycles. The van der Waals surface area contributed by atoms with E-state index in [4.69, 9.17) is 5.26 Å². The third-order valence-electron chi connectivity index (χ3n) is 2.65. The number of aromatic nitrogens is 2. The minimum Gasteiger partial charge on any atom is -0.337 e. The van der Waals surface area contributed by atoms with Crippen LogP contribution in [0.5, 0.6) is 0 Å². The van der Waals surface area contributed by atoms with Crippen molar-refractivity contribution in [3.8, 4) is 6.07 Å². The predicted molar refractivity (Wildman–Crippen MR) is 71.2 cm³/mol. The fourth-order valence-corrected chi connectivity index (χ4v) is 1.73. The van der Waals surface area contributed by atoms with Crippen molar-refractivity contribution in [2.75, 3.05) is 5.32 Å². The third kappa shape index (κ3) is 3.96. The number of benzene rings is 1. The van der Waals surface area contributed by atoms with E-state index >= 15 is 0 Å². The Morgan fingerprint density at radius 1 is 1.47 bits per heavy atom. The normalized spacial score (nSPS) is 9.84. The maximum Gasteiger partial charge on any atom is 0.224 e. The van der Waals surface area contributed by atoms with Crippen LogP contribution in [0.25, 0.3) is 0 Å². The van der Waals surface area contributed by atoms with Gasteiger partial charge in [-0.1, -0.05) is 6.07 Å². The first-order valence-electron chi connectivity index (χ1n) is 6.04. The van der Waals surface area contributed by atoms with E-state index < -0.39 is 0 Å². The summed E-state index contributed by atoms with van der Waals surface area (Å²) in [6.07, 6.45) is 6.51. The summed E-state index contributed by atoms with van der Waals surface area (Å²) in [7, 11) is 0. The van der Waals surface area contributed by atoms with Gasteiger partial charge in [0.1, 0.15) is 0 Å². The predicted octanol–water partition coefficient (Wildman–Crippen LogP) is 2.17. The molecule has 2 rings (SSSR count). The summed E-state index contributed by atoms with van der Waals surface area (Å²) in [5.41, 5.74) is 1.20. The highest BCUT2D eigenvalue weighted by atomic mass is 16.1. The van der Waals surface area contributed by atoms with Gasteiger partial charge in [0, 0.05) is 31.0 Å². The topological polar surface area (TPSA) is 70.7 Å². The maximum absolute atomic E-state index is 11.7. The number of anilines is 1. The van der Waals surface area contributed by atoms with Gasteiger partial charge in [0.25, 0.3) is 0 Å². The van der Waals surface area contributed by atoms with E-state index in [9.17, 15) is 4.79 Å². The van der Waals surface area contributed by atoms with Crippen molar-refractivity contribution in [1.82, 2.24) is 9.55 Å². The molecule has 0 saturated heterocycles. The number of nitrogens with one attached hydrogen (secondary N) is 1. The Kier molecular flexibility index (Phi) is 4.29. The second-order valence-corrected chi connectivity index (χ2v) is 4.14. The molecular formula is C14H14N4O. The van der Waals surface area contributed by atoms with Crippen molar-refractivity contribution in [1.29, 1.82) is 5.26 Å². The van der Waals surface area contributed by atoms with Crippen molar-refractivity contribution in [2.24, 2.45) is 0 Å². The van der Waals surface area contributed by atoms with Crippen molar-refractivity contribution < 1.29 is 4.79 Å². The van der Waals surface area contributed by atoms with Gasteiger partial charge in [-0.2, -0.15) is 5.26 Å². The van der Waals surface area contributed by atoms with Crippen LogP contribution in [-0.4, -0.2) is 15.5 Å². The molecule has 96 valence electrons. The van der Waals surface area contributed by atoms with Gasteiger partial charge in [-0.3, -0.25) is 4.79 Å². The quantitative estimate of drug-likeness (QED) is 0.888. The largest absolute Gasteiger partial charge is 0.337 e. The van der Waals surface area contributed by atoms with E-state index in [1.165, 1.54) is 0 Å².